The van der Waals surface area contributed by atoms with Crippen LogP contribution in [0.15, 0.2) is 84.9 Å². The van der Waals surface area contributed by atoms with Crippen molar-refractivity contribution >= 4 is 22.1 Å². The summed E-state index contributed by atoms with van der Waals surface area (Å²) in [6, 6.07) is 23.5. The van der Waals surface area contributed by atoms with E-state index in [4.69, 9.17) is 14.2 Å². The zero-order chi connectivity index (χ0) is 28.6. The van der Waals surface area contributed by atoms with Crippen LogP contribution in [-0.4, -0.2) is 62.3 Å². The van der Waals surface area contributed by atoms with E-state index in [1.165, 1.54) is 28.8 Å². The van der Waals surface area contributed by atoms with Gasteiger partial charge in [-0.05, 0) is 48.5 Å². The Balaban J connectivity index is 1.12. The number of phenols is 2. The van der Waals surface area contributed by atoms with Crippen LogP contribution in [0.3, 0.4) is 0 Å². The van der Waals surface area contributed by atoms with E-state index in [1.807, 2.05) is 48.5 Å². The van der Waals surface area contributed by atoms with Gasteiger partial charge >= 0.3 is 18.0 Å². The van der Waals surface area contributed by atoms with Crippen molar-refractivity contribution in [3.63, 3.8) is 0 Å². The molecule has 14 nitrogen and oxygen atoms in total. The van der Waals surface area contributed by atoms with Gasteiger partial charge in [-0.3, -0.25) is 0 Å². The van der Waals surface area contributed by atoms with Crippen LogP contribution in [-0.2, 0) is 0 Å². The van der Waals surface area contributed by atoms with Crippen molar-refractivity contribution in [2.24, 2.45) is 0 Å². The standard InChI is InChI=1S/C28H19N9O5/c1-40-26-29-27(41-16-10-12-22(24(38)14-16)36-32-18-6-2-3-7-19(18)33-36)31-28(30-26)42-17-11-13-23(25(39)15-17)37-34-20-8-4-5-9-21(20)35-37/h2-15,38-39H,1H3. The average Bonchev–Trinajstić information content (AvgIpc) is 3.61. The number of hydrogen-bond acceptors (Lipinski definition) is 12. The summed E-state index contributed by atoms with van der Waals surface area (Å²) in [7, 11) is 1.38. The maximum absolute atomic E-state index is 10.7. The molecule has 0 aliphatic rings. The Morgan fingerprint density at radius 2 is 0.905 bits per heavy atom. The fourth-order valence-electron chi connectivity index (χ4n) is 4.12. The molecule has 0 aliphatic carbocycles. The van der Waals surface area contributed by atoms with E-state index in [0.717, 1.165) is 0 Å². The second-order valence-corrected chi connectivity index (χ2v) is 8.85. The lowest BCUT2D eigenvalue weighted by Gasteiger charge is -2.10. The number of ether oxygens (including phenoxy) is 3. The number of rotatable bonds is 7. The molecule has 14 heteroatoms. The van der Waals surface area contributed by atoms with E-state index in [1.54, 1.807) is 24.3 Å². The summed E-state index contributed by atoms with van der Waals surface area (Å²) < 4.78 is 16.7. The van der Waals surface area contributed by atoms with Gasteiger partial charge in [-0.1, -0.05) is 24.3 Å². The Hall–Kier alpha value is -6.31. The highest BCUT2D eigenvalue weighted by Crippen LogP contribution is 2.32. The van der Waals surface area contributed by atoms with Crippen molar-refractivity contribution in [3.05, 3.63) is 84.9 Å². The molecule has 0 saturated heterocycles. The lowest BCUT2D eigenvalue weighted by atomic mass is 10.3. The topological polar surface area (TPSA) is 168 Å². The molecule has 7 rings (SSSR count). The molecule has 4 aromatic carbocycles. The van der Waals surface area contributed by atoms with E-state index in [9.17, 15) is 10.2 Å². The zero-order valence-electron chi connectivity index (χ0n) is 21.7. The number of hydrogen-bond donors (Lipinski definition) is 2. The monoisotopic (exact) mass is 561 g/mol. The molecule has 0 radical (unpaired) electrons. The molecular weight excluding hydrogens is 542 g/mol. The number of phenolic OH excluding ortho intramolecular Hbond substituents is 2. The summed E-state index contributed by atoms with van der Waals surface area (Å²) >= 11 is 0. The molecule has 3 heterocycles. The van der Waals surface area contributed by atoms with Crippen molar-refractivity contribution in [2.45, 2.75) is 0 Å². The third kappa shape index (κ3) is 4.68. The summed E-state index contributed by atoms with van der Waals surface area (Å²) in [4.78, 5) is 15.0. The number of nitrogens with zero attached hydrogens (tertiary/aromatic N) is 9. The van der Waals surface area contributed by atoms with Crippen molar-refractivity contribution in [1.82, 2.24) is 44.9 Å². The Labute approximate surface area is 236 Å². The van der Waals surface area contributed by atoms with E-state index < -0.39 is 0 Å². The first-order valence-corrected chi connectivity index (χ1v) is 12.5. The predicted molar refractivity (Wildman–Crippen MR) is 148 cm³/mol. The van der Waals surface area contributed by atoms with Gasteiger partial charge in [0, 0.05) is 12.1 Å². The minimum Gasteiger partial charge on any atom is -0.505 e. The van der Waals surface area contributed by atoms with Crippen molar-refractivity contribution in [1.29, 1.82) is 0 Å². The van der Waals surface area contributed by atoms with Gasteiger partial charge in [-0.2, -0.15) is 0 Å². The second kappa shape index (κ2) is 10.0. The van der Waals surface area contributed by atoms with Crippen LogP contribution in [0.1, 0.15) is 0 Å². The molecule has 0 unspecified atom stereocenters. The van der Waals surface area contributed by atoms with E-state index in [0.29, 0.717) is 33.4 Å². The molecule has 0 aliphatic heterocycles. The molecule has 0 saturated carbocycles. The Kier molecular flexibility index (Phi) is 5.89. The van der Waals surface area contributed by atoms with Gasteiger partial charge in [0.2, 0.25) is 0 Å². The first-order chi connectivity index (χ1) is 20.5. The van der Waals surface area contributed by atoms with Crippen LogP contribution in [0, 0.1) is 0 Å². The van der Waals surface area contributed by atoms with Crippen LogP contribution in [0.4, 0.5) is 0 Å². The van der Waals surface area contributed by atoms with Crippen molar-refractivity contribution in [2.75, 3.05) is 7.11 Å². The third-order valence-corrected chi connectivity index (χ3v) is 6.07. The van der Waals surface area contributed by atoms with Gasteiger partial charge in [0.15, 0.2) is 0 Å². The number of aromatic nitrogens is 9. The Bertz CT molecular complexity index is 1880. The molecule has 42 heavy (non-hydrogen) atoms. The molecule has 0 amide bonds. The van der Waals surface area contributed by atoms with E-state index >= 15 is 0 Å². The summed E-state index contributed by atoms with van der Waals surface area (Å²) in [5.74, 6) is 0.211. The molecule has 0 spiro atoms. The summed E-state index contributed by atoms with van der Waals surface area (Å²) in [6.07, 6.45) is 0. The molecule has 0 bridgehead atoms. The maximum Gasteiger partial charge on any atom is 0.331 e. The molecule has 2 N–H and O–H groups in total. The van der Waals surface area contributed by atoms with Gasteiger partial charge in [0.1, 0.15) is 56.4 Å². The number of aromatic hydroxyl groups is 2. The first kappa shape index (κ1) is 24.7. The van der Waals surface area contributed by atoms with Gasteiger partial charge in [-0.15, -0.1) is 44.9 Å². The highest BCUT2D eigenvalue weighted by molar-refractivity contribution is 5.74. The van der Waals surface area contributed by atoms with E-state index in [2.05, 4.69) is 35.3 Å². The highest BCUT2D eigenvalue weighted by atomic mass is 16.5. The smallest absolute Gasteiger partial charge is 0.331 e. The van der Waals surface area contributed by atoms with Crippen molar-refractivity contribution < 1.29 is 24.4 Å². The predicted octanol–water partition coefficient (Wildman–Crippen LogP) is 4.34. The molecule has 7 aromatic rings. The summed E-state index contributed by atoms with van der Waals surface area (Å²) in [6.45, 7) is 0. The SMILES string of the molecule is COc1nc(Oc2ccc(-n3nc4ccccc4n3)c(O)c2)nc(Oc2ccc(-n3nc4ccccc4n3)c(O)c2)n1. The molecule has 0 atom stereocenters. The van der Waals surface area contributed by atoms with E-state index in [-0.39, 0.29) is 41.0 Å². The minimum absolute atomic E-state index is 0.0726. The fraction of sp³-hybridized carbons (Fsp3) is 0.0357. The lowest BCUT2D eigenvalue weighted by molar-refractivity contribution is 0.336. The van der Waals surface area contributed by atoms with Gasteiger partial charge in [0.05, 0.1) is 7.11 Å². The average molecular weight is 562 g/mol. The summed E-state index contributed by atoms with van der Waals surface area (Å²) in [5, 5.41) is 38.8. The number of benzene rings is 4. The first-order valence-electron chi connectivity index (χ1n) is 12.5. The van der Waals surface area contributed by atoms with Crippen LogP contribution in [0.5, 0.6) is 41.0 Å². The quantitative estimate of drug-likeness (QED) is 0.283. The minimum atomic E-state index is -0.153. The van der Waals surface area contributed by atoms with Crippen LogP contribution >= 0.6 is 0 Å². The maximum atomic E-state index is 10.7. The number of methoxy groups -OCH3 is 1. The van der Waals surface area contributed by atoms with Crippen molar-refractivity contribution in [3.8, 4) is 52.4 Å². The lowest BCUT2D eigenvalue weighted by Crippen LogP contribution is -2.02. The highest BCUT2D eigenvalue weighted by Gasteiger charge is 2.16. The zero-order valence-corrected chi connectivity index (χ0v) is 21.7. The second-order valence-electron chi connectivity index (χ2n) is 8.85. The van der Waals surface area contributed by atoms with Gasteiger partial charge < -0.3 is 24.4 Å². The summed E-state index contributed by atoms with van der Waals surface area (Å²) in [5.41, 5.74) is 3.48. The van der Waals surface area contributed by atoms with Gasteiger partial charge in [-0.25, -0.2) is 0 Å². The van der Waals surface area contributed by atoms with Crippen LogP contribution < -0.4 is 14.2 Å². The third-order valence-electron chi connectivity index (χ3n) is 6.07. The number of fused-ring (bicyclic) bond motifs is 2. The van der Waals surface area contributed by atoms with Crippen LogP contribution in [0.2, 0.25) is 0 Å². The molecule has 0 fully saturated rings. The molecule has 206 valence electrons. The Morgan fingerprint density at radius 1 is 0.524 bits per heavy atom. The largest absolute Gasteiger partial charge is 0.505 e. The van der Waals surface area contributed by atoms with Crippen LogP contribution in [0.25, 0.3) is 33.4 Å². The normalized spacial score (nSPS) is 11.2. The Morgan fingerprint density at radius 3 is 1.26 bits per heavy atom. The fourth-order valence-corrected chi connectivity index (χ4v) is 4.12. The molecule has 3 aromatic heterocycles. The molecular formula is C28H19N9O5. The van der Waals surface area contributed by atoms with Gasteiger partial charge in [0.25, 0.3) is 0 Å².